The van der Waals surface area contributed by atoms with Gasteiger partial charge in [0.25, 0.3) is 0 Å². The predicted octanol–water partition coefficient (Wildman–Crippen LogP) is 26.1. The van der Waals surface area contributed by atoms with Crippen molar-refractivity contribution in [1.29, 1.82) is 0 Å². The van der Waals surface area contributed by atoms with Crippen LogP contribution in [0.4, 0.5) is 0 Å². The molecule has 0 bridgehead atoms. The van der Waals surface area contributed by atoms with E-state index in [9.17, 15) is 0 Å². The fourth-order valence-corrected chi connectivity index (χ4v) is 18.5. The van der Waals surface area contributed by atoms with E-state index in [-0.39, 0.29) is 0 Å². The van der Waals surface area contributed by atoms with Gasteiger partial charge in [-0.3, -0.25) is 13.7 Å². The second-order valence-corrected chi connectivity index (χ2v) is 29.1. The van der Waals surface area contributed by atoms with Gasteiger partial charge in [0.05, 0.1) is 50.2 Å². The molecule has 0 saturated carbocycles. The lowest BCUT2D eigenvalue weighted by molar-refractivity contribution is 0.954. The smallest absolute Gasteiger partial charge is 0.238 e. The highest BCUT2D eigenvalue weighted by molar-refractivity contribution is 6.43. The van der Waals surface area contributed by atoms with Crippen LogP contribution in [0.5, 0.6) is 0 Å². The second kappa shape index (κ2) is 23.7. The first-order valence-corrected chi connectivity index (χ1v) is 37.7. The van der Waals surface area contributed by atoms with Crippen LogP contribution in [0.3, 0.4) is 0 Å². The van der Waals surface area contributed by atoms with Gasteiger partial charge in [-0.05, 0) is 135 Å². The maximum Gasteiger partial charge on any atom is 0.238 e. The standard InChI is InChI=1S/C36H21N3.C35H20N4.C31H18N2/c1-3-9-22(10-4-1)28-21-29(23-11-5-2-6-12-23)38-36(37-28)39-30-16-8-15-27-26-14-7-13-24-17-18-25-19-20-31(39)35(34(27)30)33(25)32(24)26;1-3-9-23(10-4-1)33-36-34(24-11-5-2-6-12-24)38-35(37-33)39-27-16-8-15-26-25-14-7-13-21-17-18-22-19-20-28(39)32(31(26)27)30(22)29(21)25;1-2-7-19(8-3-1)24-12-6-14-27(32-24)33-25-13-5-11-23-22-10-4-9-20-15-16-21-17-18-26(33)31(30(23)25)29(21)28(20)22/h1-21H;1-20H;1-18H. The molecule has 20 aromatic carbocycles. The van der Waals surface area contributed by atoms with Crippen molar-refractivity contribution in [2.24, 2.45) is 0 Å². The third-order valence-electron chi connectivity index (χ3n) is 23.2. The summed E-state index contributed by atoms with van der Waals surface area (Å²) < 4.78 is 6.82. The van der Waals surface area contributed by atoms with E-state index in [1.165, 1.54) is 140 Å². The average Bonchev–Trinajstić information content (AvgIpc) is 1.55. The van der Waals surface area contributed by atoms with E-state index < -0.39 is 0 Å². The molecule has 0 aliphatic carbocycles. The Kier molecular flexibility index (Phi) is 13.1. The molecule has 6 heterocycles. The van der Waals surface area contributed by atoms with Crippen LogP contribution in [0.1, 0.15) is 0 Å². The van der Waals surface area contributed by atoms with Crippen molar-refractivity contribution in [3.05, 3.63) is 358 Å². The molecule has 0 aliphatic rings. The van der Waals surface area contributed by atoms with Crippen LogP contribution in [0, 0.1) is 0 Å². The van der Waals surface area contributed by atoms with E-state index in [0.29, 0.717) is 23.5 Å². The molecule has 0 unspecified atom stereocenters. The highest BCUT2D eigenvalue weighted by Gasteiger charge is 2.28. The Morgan fingerprint density at radius 2 is 0.450 bits per heavy atom. The van der Waals surface area contributed by atoms with E-state index in [0.717, 1.165) is 72.8 Å². The minimum atomic E-state index is 0.623. The van der Waals surface area contributed by atoms with Crippen molar-refractivity contribution in [3.8, 4) is 74.3 Å². The van der Waals surface area contributed by atoms with Crippen molar-refractivity contribution in [3.63, 3.8) is 0 Å². The molecular weight excluding hydrogens is 1350 g/mol. The highest BCUT2D eigenvalue weighted by Crippen LogP contribution is 2.51. The largest absolute Gasteiger partial charge is 0.294 e. The van der Waals surface area contributed by atoms with Crippen LogP contribution in [-0.4, -0.2) is 43.6 Å². The van der Waals surface area contributed by atoms with Gasteiger partial charge in [0.2, 0.25) is 11.9 Å². The molecule has 0 amide bonds. The van der Waals surface area contributed by atoms with Crippen LogP contribution in [0.2, 0.25) is 0 Å². The first kappa shape index (κ1) is 61.1. The number of fused-ring (bicyclic) bond motifs is 3. The number of rotatable bonds is 8. The summed E-state index contributed by atoms with van der Waals surface area (Å²) in [6.45, 7) is 0. The van der Waals surface area contributed by atoms with Crippen LogP contribution in [-0.2, 0) is 0 Å². The third kappa shape index (κ3) is 9.06. The molecular formula is C102H59N9. The van der Waals surface area contributed by atoms with E-state index in [1.54, 1.807) is 0 Å². The number of nitrogens with zero attached hydrogens (tertiary/aromatic N) is 9. The van der Waals surface area contributed by atoms with Gasteiger partial charge in [-0.25, -0.2) is 19.9 Å². The Balaban J connectivity index is 0.0000000975. The minimum Gasteiger partial charge on any atom is -0.294 e. The monoisotopic (exact) mass is 1410 g/mol. The summed E-state index contributed by atoms with van der Waals surface area (Å²) in [7, 11) is 0. The molecule has 0 fully saturated rings. The summed E-state index contributed by atoms with van der Waals surface area (Å²) in [5, 5.41) is 31.2. The maximum absolute atomic E-state index is 5.19. The number of pyridine rings is 1. The van der Waals surface area contributed by atoms with Crippen LogP contribution < -0.4 is 0 Å². The fourth-order valence-electron chi connectivity index (χ4n) is 18.5. The predicted molar refractivity (Wildman–Crippen MR) is 461 cm³/mol. The molecule has 0 N–H and O–H groups in total. The van der Waals surface area contributed by atoms with Gasteiger partial charge < -0.3 is 0 Å². The molecule has 26 aromatic rings. The molecule has 0 saturated heterocycles. The van der Waals surface area contributed by atoms with Gasteiger partial charge in [-0.2, -0.15) is 9.97 Å². The van der Waals surface area contributed by atoms with Crippen LogP contribution >= 0.6 is 0 Å². The van der Waals surface area contributed by atoms with Crippen molar-refractivity contribution in [2.45, 2.75) is 0 Å². The molecule has 9 heteroatoms. The summed E-state index contributed by atoms with van der Waals surface area (Å²) in [4.78, 5) is 30.6. The van der Waals surface area contributed by atoms with E-state index in [4.69, 9.17) is 29.9 Å². The normalized spacial score (nSPS) is 12.1. The first-order valence-electron chi connectivity index (χ1n) is 37.7. The lowest BCUT2D eigenvalue weighted by Gasteiger charge is -2.13. The summed E-state index contributed by atoms with van der Waals surface area (Å²) in [5.41, 5.74) is 14.9. The lowest BCUT2D eigenvalue weighted by atomic mass is 9.89. The zero-order valence-electron chi connectivity index (χ0n) is 59.6. The van der Waals surface area contributed by atoms with Gasteiger partial charge in [-0.15, -0.1) is 0 Å². The molecule has 6 aromatic heterocycles. The molecule has 111 heavy (non-hydrogen) atoms. The minimum absolute atomic E-state index is 0.623. The summed E-state index contributed by atoms with van der Waals surface area (Å²) in [6.07, 6.45) is 0. The topological polar surface area (TPSA) is 92.1 Å². The van der Waals surface area contributed by atoms with Gasteiger partial charge in [0.15, 0.2) is 11.6 Å². The zero-order chi connectivity index (χ0) is 72.5. The lowest BCUT2D eigenvalue weighted by Crippen LogP contribution is -2.06. The van der Waals surface area contributed by atoms with Gasteiger partial charge in [0, 0.05) is 76.3 Å². The average molecular weight is 1410 g/mol. The fraction of sp³-hybridized carbons (Fsp3) is 0. The third-order valence-corrected chi connectivity index (χ3v) is 23.2. The number of hydrogen-bond donors (Lipinski definition) is 0. The highest BCUT2D eigenvalue weighted by atomic mass is 15.2. The zero-order valence-corrected chi connectivity index (χ0v) is 59.6. The SMILES string of the molecule is c1ccc(-c2cc(-c3ccccc3)nc(-n3c4cccc5c6cccc7ccc8ccc3c(c8c76)c54)n2)cc1.c1ccc(-c2cccc(-n3c4cccc5c6cccc7ccc8ccc3c(c8c76)c54)n2)cc1.c1ccc(-c2nc(-c3ccccc3)nc(-n3c4cccc5c6cccc7ccc8ccc3c(c8c76)c54)n2)cc1. The van der Waals surface area contributed by atoms with Crippen molar-refractivity contribution < 1.29 is 0 Å². The van der Waals surface area contributed by atoms with Crippen LogP contribution in [0.25, 0.3) is 237 Å². The number of aromatic nitrogens is 9. The Morgan fingerprint density at radius 3 is 0.838 bits per heavy atom. The maximum atomic E-state index is 5.19. The van der Waals surface area contributed by atoms with Gasteiger partial charge in [-0.1, -0.05) is 303 Å². The van der Waals surface area contributed by atoms with E-state index in [2.05, 4.69) is 293 Å². The molecule has 26 rings (SSSR count). The van der Waals surface area contributed by atoms with Crippen molar-refractivity contribution in [2.75, 3.05) is 0 Å². The molecule has 0 atom stereocenters. The van der Waals surface area contributed by atoms with Gasteiger partial charge in [0.1, 0.15) is 5.82 Å². The quantitative estimate of drug-likeness (QED) is 0.111. The summed E-state index contributed by atoms with van der Waals surface area (Å²) in [5.74, 6) is 3.58. The second-order valence-electron chi connectivity index (χ2n) is 29.1. The Bertz CT molecular complexity index is 7660. The molecule has 0 spiro atoms. The molecule has 512 valence electrons. The molecule has 9 nitrogen and oxygen atoms in total. The molecule has 0 aliphatic heterocycles. The Morgan fingerprint density at radius 1 is 0.162 bits per heavy atom. The number of hydrogen-bond acceptors (Lipinski definition) is 6. The Labute approximate surface area is 634 Å². The van der Waals surface area contributed by atoms with Crippen molar-refractivity contribution in [1.82, 2.24) is 43.6 Å². The number of benzene rings is 20. The van der Waals surface area contributed by atoms with Crippen LogP contribution in [0.15, 0.2) is 358 Å². The van der Waals surface area contributed by atoms with Gasteiger partial charge >= 0.3 is 0 Å². The molecule has 0 radical (unpaired) electrons. The van der Waals surface area contributed by atoms with E-state index >= 15 is 0 Å². The summed E-state index contributed by atoms with van der Waals surface area (Å²) in [6, 6.07) is 127. The first-order chi connectivity index (χ1) is 55.1. The van der Waals surface area contributed by atoms with Crippen molar-refractivity contribution >= 4 is 162 Å². The summed E-state index contributed by atoms with van der Waals surface area (Å²) >= 11 is 0. The van der Waals surface area contributed by atoms with E-state index in [1.807, 2.05) is 78.9 Å². The Hall–Kier alpha value is -15.1.